The van der Waals surface area contributed by atoms with Gasteiger partial charge in [0.15, 0.2) is 0 Å². The van der Waals surface area contributed by atoms with Crippen molar-refractivity contribution in [3.8, 4) is 12.1 Å². The Morgan fingerprint density at radius 2 is 1.43 bits per heavy atom. The van der Waals surface area contributed by atoms with E-state index in [1.54, 1.807) is 6.92 Å². The highest BCUT2D eigenvalue weighted by molar-refractivity contribution is 5.16. The maximum absolute atomic E-state index is 9.14. The molecule has 0 spiro atoms. The summed E-state index contributed by atoms with van der Waals surface area (Å²) >= 11 is 0. The number of hydrogen-bond donors (Lipinski definition) is 0. The largest absolute Gasteiger partial charge is 0.197 e. The summed E-state index contributed by atoms with van der Waals surface area (Å²) in [5.41, 5.74) is 0.0295. The summed E-state index contributed by atoms with van der Waals surface area (Å²) in [6.45, 7) is 5.96. The van der Waals surface area contributed by atoms with Gasteiger partial charge in [-0.1, -0.05) is 64.0 Å². The first-order chi connectivity index (χ1) is 10.5. The zero-order chi connectivity index (χ0) is 16.8. The van der Waals surface area contributed by atoms with Gasteiger partial charge in [0.25, 0.3) is 0 Å². The molecule has 0 aromatic heterocycles. The van der Waals surface area contributed by atoms with E-state index in [0.29, 0.717) is 0 Å². The Labute approximate surface area is 133 Å². The lowest BCUT2D eigenvalue weighted by Gasteiger charge is -2.12. The van der Waals surface area contributed by atoms with Crippen LogP contribution >= 0.6 is 0 Å². The maximum atomic E-state index is 9.14. The summed E-state index contributed by atoms with van der Waals surface area (Å²) in [5.74, 6) is 0. The van der Waals surface area contributed by atoms with Crippen molar-refractivity contribution in [1.82, 2.24) is 0 Å². The molecular formula is C19H32N2. The van der Waals surface area contributed by atoms with Crippen molar-refractivity contribution in [3.63, 3.8) is 0 Å². The van der Waals surface area contributed by atoms with Gasteiger partial charge in [0.05, 0.1) is 12.1 Å². The van der Waals surface area contributed by atoms with Crippen LogP contribution in [0.2, 0.25) is 0 Å². The fourth-order valence-electron chi connectivity index (χ4n) is 2.23. The van der Waals surface area contributed by atoms with E-state index in [4.69, 9.17) is 11.9 Å². The molecule has 2 nitrogen and oxygen atoms in total. The van der Waals surface area contributed by atoms with Crippen LogP contribution in [-0.2, 0) is 0 Å². The third kappa shape index (κ3) is 10.1. The first-order valence-corrected chi connectivity index (χ1v) is 8.48. The third-order valence-corrected chi connectivity index (χ3v) is 3.82. The Kier molecular flexibility index (Phi) is 10.5. The Morgan fingerprint density at radius 1 is 0.952 bits per heavy atom. The molecule has 0 saturated heterocycles. The monoisotopic (exact) mass is 289 g/mol. The molecule has 0 bridgehead atoms. The molecule has 0 aliphatic rings. The molecule has 0 amide bonds. The Balaban J connectivity index is 4.70. The van der Waals surface area contributed by atoms with Gasteiger partial charge in [0.1, 0.15) is 5.41 Å². The van der Waals surface area contributed by atoms with E-state index in [0.717, 1.165) is 25.7 Å². The molecule has 0 aliphatic carbocycles. The lowest BCUT2D eigenvalue weighted by atomic mass is 9.88. The summed E-state index contributed by atoms with van der Waals surface area (Å²) in [7, 11) is 0. The second-order valence-corrected chi connectivity index (χ2v) is 6.04. The van der Waals surface area contributed by atoms with Crippen molar-refractivity contribution < 1.29 is 1.37 Å². The third-order valence-electron chi connectivity index (χ3n) is 3.82. The molecule has 0 aromatic rings. The van der Waals surface area contributed by atoms with Gasteiger partial charge in [-0.15, -0.1) is 0 Å². The number of nitrogens with zero attached hydrogens (tertiary/aromatic N) is 2. The van der Waals surface area contributed by atoms with Gasteiger partial charge in [-0.05, 0) is 39.0 Å². The van der Waals surface area contributed by atoms with E-state index >= 15 is 0 Å². The van der Waals surface area contributed by atoms with Crippen molar-refractivity contribution in [1.29, 1.82) is 10.5 Å². The highest BCUT2D eigenvalue weighted by atomic mass is 14.4. The number of nitriles is 2. The molecule has 118 valence electrons. The molecule has 0 N–H and O–H groups in total. The minimum absolute atomic E-state index is 0.755. The standard InChI is InChI=1S/C19H32N2/c1-4-6-8-10-12-18(13-11-9-7-5-2)14-15-19(3,16-20)17-21/h14H,4-13,15H2,1-3H3/i15D. The average molecular weight is 289 g/mol. The van der Waals surface area contributed by atoms with Gasteiger partial charge < -0.3 is 0 Å². The molecule has 0 heterocycles. The smallest absolute Gasteiger partial charge is 0.144 e. The van der Waals surface area contributed by atoms with E-state index in [2.05, 4.69) is 13.8 Å². The second-order valence-electron chi connectivity index (χ2n) is 6.04. The molecule has 1 unspecified atom stereocenters. The summed E-state index contributed by atoms with van der Waals surface area (Å²) in [6, 6.07) is 3.99. The fourth-order valence-corrected chi connectivity index (χ4v) is 2.23. The van der Waals surface area contributed by atoms with Crippen molar-refractivity contribution in [2.24, 2.45) is 5.41 Å². The molecule has 1 atom stereocenters. The molecule has 0 rings (SSSR count). The average Bonchev–Trinajstić information content (AvgIpc) is 2.54. The van der Waals surface area contributed by atoms with Gasteiger partial charge >= 0.3 is 0 Å². The molecule has 0 saturated carbocycles. The van der Waals surface area contributed by atoms with Crippen LogP contribution in [0.25, 0.3) is 0 Å². The van der Waals surface area contributed by atoms with Gasteiger partial charge in [0.2, 0.25) is 0 Å². The molecule has 21 heavy (non-hydrogen) atoms. The van der Waals surface area contributed by atoms with E-state index in [1.807, 2.05) is 18.2 Å². The quantitative estimate of drug-likeness (QED) is 0.313. The van der Waals surface area contributed by atoms with Crippen molar-refractivity contribution in [3.05, 3.63) is 11.6 Å². The van der Waals surface area contributed by atoms with Crippen LogP contribution in [0.4, 0.5) is 0 Å². The summed E-state index contributed by atoms with van der Waals surface area (Å²) in [6.07, 6.45) is 12.8. The van der Waals surface area contributed by atoms with Crippen molar-refractivity contribution in [2.45, 2.75) is 91.4 Å². The normalized spacial score (nSPS) is 12.9. The minimum atomic E-state index is -1.24. The highest BCUT2D eigenvalue weighted by Gasteiger charge is 2.21. The van der Waals surface area contributed by atoms with Gasteiger partial charge in [-0.2, -0.15) is 10.5 Å². The zero-order valence-corrected chi connectivity index (χ0v) is 14.1. The lowest BCUT2D eigenvalue weighted by molar-refractivity contribution is 0.580. The van der Waals surface area contributed by atoms with Gasteiger partial charge in [0, 0.05) is 1.37 Å². The topological polar surface area (TPSA) is 47.6 Å². The van der Waals surface area contributed by atoms with E-state index < -0.39 is 11.8 Å². The van der Waals surface area contributed by atoms with Crippen LogP contribution < -0.4 is 0 Å². The number of rotatable bonds is 12. The molecular weight excluding hydrogens is 256 g/mol. The molecule has 0 aromatic carbocycles. The van der Waals surface area contributed by atoms with Crippen LogP contribution in [0.3, 0.4) is 0 Å². The van der Waals surface area contributed by atoms with Crippen molar-refractivity contribution >= 4 is 0 Å². The minimum Gasteiger partial charge on any atom is -0.197 e. The van der Waals surface area contributed by atoms with E-state index in [1.165, 1.54) is 44.1 Å². The van der Waals surface area contributed by atoms with Crippen LogP contribution in [0, 0.1) is 28.1 Å². The predicted molar refractivity (Wildman–Crippen MR) is 89.6 cm³/mol. The van der Waals surface area contributed by atoms with Crippen LogP contribution in [-0.4, -0.2) is 0 Å². The van der Waals surface area contributed by atoms with E-state index in [-0.39, 0.29) is 0 Å². The number of hydrogen-bond acceptors (Lipinski definition) is 2. The Hall–Kier alpha value is -1.28. The Morgan fingerprint density at radius 3 is 1.81 bits per heavy atom. The van der Waals surface area contributed by atoms with Gasteiger partial charge in [-0.3, -0.25) is 0 Å². The van der Waals surface area contributed by atoms with Crippen LogP contribution in [0.15, 0.2) is 11.6 Å². The molecule has 2 heteroatoms. The summed E-state index contributed by atoms with van der Waals surface area (Å²) in [4.78, 5) is 0. The highest BCUT2D eigenvalue weighted by Crippen LogP contribution is 2.24. The van der Waals surface area contributed by atoms with E-state index in [9.17, 15) is 0 Å². The lowest BCUT2D eigenvalue weighted by Crippen LogP contribution is -2.09. The van der Waals surface area contributed by atoms with Crippen molar-refractivity contribution in [2.75, 3.05) is 0 Å². The van der Waals surface area contributed by atoms with Gasteiger partial charge in [-0.25, -0.2) is 0 Å². The maximum Gasteiger partial charge on any atom is 0.144 e. The molecule has 0 fully saturated rings. The predicted octanol–water partition coefficient (Wildman–Crippen LogP) is 6.30. The van der Waals surface area contributed by atoms with Crippen LogP contribution in [0.5, 0.6) is 0 Å². The SMILES string of the molecule is [2H]C(C=C(CCCCCC)CCCCCC)C(C)(C#N)C#N. The first-order valence-electron chi connectivity index (χ1n) is 9.06. The zero-order valence-electron chi connectivity index (χ0n) is 15.1. The number of unbranched alkanes of at least 4 members (excludes halogenated alkanes) is 6. The summed E-state index contributed by atoms with van der Waals surface area (Å²) in [5, 5.41) is 18.3. The van der Waals surface area contributed by atoms with Crippen LogP contribution in [0.1, 0.15) is 92.7 Å². The second kappa shape index (κ2) is 12.5. The first kappa shape index (κ1) is 17.8. The fraction of sp³-hybridized carbons (Fsp3) is 0.789. The molecule has 0 radical (unpaired) electrons. The Bertz CT molecular complexity index is 373. The number of allylic oxidation sites excluding steroid dienone is 2. The summed E-state index contributed by atoms with van der Waals surface area (Å²) < 4.78 is 8.17. The molecule has 0 aliphatic heterocycles.